The van der Waals surface area contributed by atoms with Gasteiger partial charge in [0.2, 0.25) is 0 Å². The van der Waals surface area contributed by atoms with Gasteiger partial charge in [-0.3, -0.25) is 0 Å². The second-order valence-electron chi connectivity index (χ2n) is 7.17. The number of aliphatic hydroxyl groups excluding tert-OH is 2. The van der Waals surface area contributed by atoms with Gasteiger partial charge in [0.25, 0.3) is 0 Å². The molecule has 1 aromatic carbocycles. The van der Waals surface area contributed by atoms with Gasteiger partial charge in [-0.2, -0.15) is 0 Å². The van der Waals surface area contributed by atoms with Gasteiger partial charge in [-0.05, 0) is 24.3 Å². The first-order valence-electron chi connectivity index (χ1n) is 8.13. The molecule has 0 aliphatic rings. The molecule has 3 atom stereocenters. The number of carbonyl (C=O) groups excluding carboxylic acids is 1. The van der Waals surface area contributed by atoms with Crippen molar-refractivity contribution in [3.8, 4) is 0 Å². The molecule has 0 aliphatic heterocycles. The summed E-state index contributed by atoms with van der Waals surface area (Å²) in [6.07, 6.45) is -0.460. The van der Waals surface area contributed by atoms with E-state index in [1.165, 1.54) is 0 Å². The Morgan fingerprint density at radius 1 is 1.09 bits per heavy atom. The number of benzene rings is 1. The van der Waals surface area contributed by atoms with Crippen LogP contribution in [-0.4, -0.2) is 41.5 Å². The molecule has 0 bridgehead atoms. The van der Waals surface area contributed by atoms with Crippen molar-refractivity contribution < 1.29 is 15.0 Å². The van der Waals surface area contributed by atoms with E-state index in [1.807, 2.05) is 51.1 Å². The zero-order chi connectivity index (χ0) is 17.5. The summed E-state index contributed by atoms with van der Waals surface area (Å²) in [5.74, 6) is 0.0505. The normalized spacial score (nSPS) is 15.6. The minimum absolute atomic E-state index is 0.0505. The van der Waals surface area contributed by atoms with E-state index in [-0.39, 0.29) is 23.9 Å². The van der Waals surface area contributed by atoms with Gasteiger partial charge in [-0.1, -0.05) is 51.1 Å². The SMILES string of the molecule is CC(O)CC(CNC(=O)NCC(O)C(C)(C)C)c1ccccc1. The third-order valence-corrected chi connectivity index (χ3v) is 3.86. The van der Waals surface area contributed by atoms with Crippen molar-refractivity contribution in [2.75, 3.05) is 13.1 Å². The Morgan fingerprint density at radius 2 is 1.65 bits per heavy atom. The Kier molecular flexibility index (Phi) is 7.52. The van der Waals surface area contributed by atoms with E-state index in [9.17, 15) is 15.0 Å². The van der Waals surface area contributed by atoms with Gasteiger partial charge in [0.1, 0.15) is 0 Å². The molecule has 0 saturated heterocycles. The monoisotopic (exact) mass is 322 g/mol. The first-order valence-corrected chi connectivity index (χ1v) is 8.13. The van der Waals surface area contributed by atoms with Crippen LogP contribution in [0.4, 0.5) is 4.79 Å². The van der Waals surface area contributed by atoms with E-state index >= 15 is 0 Å². The fourth-order valence-electron chi connectivity index (χ4n) is 2.25. The summed E-state index contributed by atoms with van der Waals surface area (Å²) in [5, 5.41) is 25.1. The highest BCUT2D eigenvalue weighted by Gasteiger charge is 2.22. The largest absolute Gasteiger partial charge is 0.393 e. The molecule has 3 unspecified atom stereocenters. The molecule has 0 heterocycles. The van der Waals surface area contributed by atoms with Crippen LogP contribution < -0.4 is 10.6 Å². The number of nitrogens with one attached hydrogen (secondary N) is 2. The standard InChI is InChI=1S/C18H30N2O3/c1-13(21)10-15(14-8-6-5-7-9-14)11-19-17(23)20-12-16(22)18(2,3)4/h5-9,13,15-16,21-22H,10-12H2,1-4H3,(H2,19,20,23). The van der Waals surface area contributed by atoms with Gasteiger partial charge in [0.15, 0.2) is 0 Å². The van der Waals surface area contributed by atoms with Crippen LogP contribution in [0.3, 0.4) is 0 Å². The van der Waals surface area contributed by atoms with E-state index in [0.29, 0.717) is 13.0 Å². The fraction of sp³-hybridized carbons (Fsp3) is 0.611. The molecule has 5 nitrogen and oxygen atoms in total. The predicted molar refractivity (Wildman–Crippen MR) is 92.3 cm³/mol. The smallest absolute Gasteiger partial charge is 0.314 e. The van der Waals surface area contributed by atoms with Gasteiger partial charge < -0.3 is 20.8 Å². The Bertz CT molecular complexity index is 469. The van der Waals surface area contributed by atoms with Crippen LogP contribution in [0.5, 0.6) is 0 Å². The summed E-state index contributed by atoms with van der Waals surface area (Å²) in [6, 6.07) is 9.52. The highest BCUT2D eigenvalue weighted by atomic mass is 16.3. The first kappa shape index (κ1) is 19.5. The number of hydrogen-bond donors (Lipinski definition) is 4. The predicted octanol–water partition coefficient (Wildman–Crippen LogP) is 2.25. The van der Waals surface area contributed by atoms with Crippen molar-refractivity contribution in [2.45, 2.75) is 52.2 Å². The summed E-state index contributed by atoms with van der Waals surface area (Å²) >= 11 is 0. The lowest BCUT2D eigenvalue weighted by atomic mass is 9.89. The molecule has 23 heavy (non-hydrogen) atoms. The minimum Gasteiger partial charge on any atom is -0.393 e. The van der Waals surface area contributed by atoms with Crippen molar-refractivity contribution in [3.63, 3.8) is 0 Å². The number of urea groups is 1. The molecule has 2 amide bonds. The number of amides is 2. The highest BCUT2D eigenvalue weighted by molar-refractivity contribution is 5.73. The Morgan fingerprint density at radius 3 is 2.17 bits per heavy atom. The summed E-state index contributed by atoms with van der Waals surface area (Å²) < 4.78 is 0. The van der Waals surface area contributed by atoms with Gasteiger partial charge in [0, 0.05) is 19.0 Å². The van der Waals surface area contributed by atoms with Gasteiger partial charge >= 0.3 is 6.03 Å². The fourth-order valence-corrected chi connectivity index (χ4v) is 2.25. The zero-order valence-corrected chi connectivity index (χ0v) is 14.5. The minimum atomic E-state index is -0.601. The Balaban J connectivity index is 2.50. The van der Waals surface area contributed by atoms with Crippen molar-refractivity contribution in [1.29, 1.82) is 0 Å². The van der Waals surface area contributed by atoms with Crippen LogP contribution in [0.1, 0.15) is 45.6 Å². The quantitative estimate of drug-likeness (QED) is 0.621. The molecule has 1 aromatic rings. The molecule has 0 fully saturated rings. The maximum absolute atomic E-state index is 11.9. The second-order valence-corrected chi connectivity index (χ2v) is 7.17. The molecular formula is C18H30N2O3. The van der Waals surface area contributed by atoms with Crippen LogP contribution >= 0.6 is 0 Å². The molecule has 0 spiro atoms. The van der Waals surface area contributed by atoms with Crippen molar-refractivity contribution in [1.82, 2.24) is 10.6 Å². The topological polar surface area (TPSA) is 81.6 Å². The lowest BCUT2D eigenvalue weighted by molar-refractivity contribution is 0.0649. The number of hydrogen-bond acceptors (Lipinski definition) is 3. The summed E-state index contributed by atoms with van der Waals surface area (Å²) in [4.78, 5) is 11.9. The van der Waals surface area contributed by atoms with Crippen LogP contribution in [0.15, 0.2) is 30.3 Å². The summed E-state index contributed by atoms with van der Waals surface area (Å²) in [6.45, 7) is 8.16. The van der Waals surface area contributed by atoms with Crippen LogP contribution in [0.25, 0.3) is 0 Å². The highest BCUT2D eigenvalue weighted by Crippen LogP contribution is 2.20. The molecule has 0 aromatic heterocycles. The van der Waals surface area contributed by atoms with Crippen LogP contribution in [-0.2, 0) is 0 Å². The van der Waals surface area contributed by atoms with Gasteiger partial charge in [0.05, 0.1) is 12.2 Å². The molecule has 130 valence electrons. The third-order valence-electron chi connectivity index (χ3n) is 3.86. The lowest BCUT2D eigenvalue weighted by Crippen LogP contribution is -2.44. The van der Waals surface area contributed by atoms with Gasteiger partial charge in [-0.15, -0.1) is 0 Å². The summed E-state index contributed by atoms with van der Waals surface area (Å²) in [5.41, 5.74) is 0.815. The second kappa shape index (κ2) is 8.89. The number of carbonyl (C=O) groups is 1. The molecule has 5 heteroatoms. The maximum Gasteiger partial charge on any atom is 0.314 e. The average molecular weight is 322 g/mol. The third kappa shape index (κ3) is 7.48. The van der Waals surface area contributed by atoms with Crippen LogP contribution in [0, 0.1) is 5.41 Å². The molecular weight excluding hydrogens is 292 g/mol. The van der Waals surface area contributed by atoms with E-state index in [1.54, 1.807) is 6.92 Å². The molecule has 0 radical (unpaired) electrons. The van der Waals surface area contributed by atoms with E-state index in [4.69, 9.17) is 0 Å². The van der Waals surface area contributed by atoms with Gasteiger partial charge in [-0.25, -0.2) is 4.79 Å². The summed E-state index contributed by atoms with van der Waals surface area (Å²) in [7, 11) is 0. The van der Waals surface area contributed by atoms with E-state index in [0.717, 1.165) is 5.56 Å². The number of aliphatic hydroxyl groups is 2. The first-order chi connectivity index (χ1) is 10.7. The number of rotatable bonds is 7. The molecule has 1 rings (SSSR count). The van der Waals surface area contributed by atoms with Crippen molar-refractivity contribution in [2.24, 2.45) is 5.41 Å². The lowest BCUT2D eigenvalue weighted by Gasteiger charge is -2.26. The van der Waals surface area contributed by atoms with Crippen molar-refractivity contribution in [3.05, 3.63) is 35.9 Å². The average Bonchev–Trinajstić information content (AvgIpc) is 2.48. The Labute approximate surface area is 139 Å². The maximum atomic E-state index is 11.9. The molecule has 0 saturated carbocycles. The molecule has 0 aliphatic carbocycles. The van der Waals surface area contributed by atoms with E-state index < -0.39 is 12.2 Å². The zero-order valence-electron chi connectivity index (χ0n) is 14.5. The van der Waals surface area contributed by atoms with E-state index in [2.05, 4.69) is 10.6 Å². The van der Waals surface area contributed by atoms with Crippen molar-refractivity contribution >= 4 is 6.03 Å². The Hall–Kier alpha value is -1.59. The molecule has 4 N–H and O–H groups in total. The van der Waals surface area contributed by atoms with Crippen LogP contribution in [0.2, 0.25) is 0 Å².